The summed E-state index contributed by atoms with van der Waals surface area (Å²) >= 11 is 0. The summed E-state index contributed by atoms with van der Waals surface area (Å²) in [7, 11) is 0. The van der Waals surface area contributed by atoms with Crippen LogP contribution in [0, 0.1) is 0 Å². The van der Waals surface area contributed by atoms with Gasteiger partial charge in [0.15, 0.2) is 11.8 Å². The van der Waals surface area contributed by atoms with E-state index in [0.29, 0.717) is 28.2 Å². The first-order valence-corrected chi connectivity index (χ1v) is 10.9. The Bertz CT molecular complexity index is 1110. The van der Waals surface area contributed by atoms with Crippen molar-refractivity contribution in [1.29, 1.82) is 0 Å². The molecule has 0 spiro atoms. The lowest BCUT2D eigenvalue weighted by atomic mass is 10.1. The summed E-state index contributed by atoms with van der Waals surface area (Å²) in [5.41, 5.74) is 3.83. The summed E-state index contributed by atoms with van der Waals surface area (Å²) in [5.74, 6) is -0.539. The molecule has 4 rings (SSSR count). The van der Waals surface area contributed by atoms with Crippen molar-refractivity contribution < 1.29 is 14.3 Å². The minimum Gasteiger partial charge on any atom is -0.449 e. The lowest BCUT2D eigenvalue weighted by Crippen LogP contribution is -2.30. The van der Waals surface area contributed by atoms with Crippen LogP contribution in [0.25, 0.3) is 11.0 Å². The van der Waals surface area contributed by atoms with Crippen LogP contribution in [0.5, 0.6) is 0 Å². The van der Waals surface area contributed by atoms with Gasteiger partial charge in [-0.25, -0.2) is 14.5 Å². The van der Waals surface area contributed by atoms with Crippen molar-refractivity contribution in [3.05, 3.63) is 53.3 Å². The number of hydrogen-bond acceptors (Lipinski definition) is 5. The highest BCUT2D eigenvalue weighted by atomic mass is 16.5. The number of benzene rings is 1. The molecule has 1 aliphatic carbocycles. The highest BCUT2D eigenvalue weighted by molar-refractivity contribution is 6.04. The van der Waals surface area contributed by atoms with Crippen LogP contribution in [0.4, 0.5) is 5.69 Å². The zero-order chi connectivity index (χ0) is 22.1. The van der Waals surface area contributed by atoms with Gasteiger partial charge in [-0.1, -0.05) is 19.1 Å². The van der Waals surface area contributed by atoms with Gasteiger partial charge in [-0.3, -0.25) is 4.79 Å². The van der Waals surface area contributed by atoms with Crippen molar-refractivity contribution in [2.45, 2.75) is 65.0 Å². The second kappa shape index (κ2) is 8.49. The fourth-order valence-corrected chi connectivity index (χ4v) is 3.52. The second-order valence-electron chi connectivity index (χ2n) is 8.38. The van der Waals surface area contributed by atoms with Crippen molar-refractivity contribution in [3.63, 3.8) is 0 Å². The van der Waals surface area contributed by atoms with Crippen molar-refractivity contribution >= 4 is 28.6 Å². The summed E-state index contributed by atoms with van der Waals surface area (Å²) in [5, 5.41) is 7.86. The third kappa shape index (κ3) is 4.45. The highest BCUT2D eigenvalue weighted by Crippen LogP contribution is 2.40. The van der Waals surface area contributed by atoms with Gasteiger partial charge in [-0.2, -0.15) is 5.10 Å². The molecule has 0 aliphatic heterocycles. The van der Waals surface area contributed by atoms with Gasteiger partial charge in [0, 0.05) is 23.3 Å². The van der Waals surface area contributed by atoms with E-state index in [4.69, 9.17) is 9.72 Å². The van der Waals surface area contributed by atoms with Crippen molar-refractivity contribution in [3.8, 4) is 0 Å². The number of aromatic nitrogens is 3. The summed E-state index contributed by atoms with van der Waals surface area (Å²) < 4.78 is 7.35. The first kappa shape index (κ1) is 21.0. The van der Waals surface area contributed by atoms with Gasteiger partial charge in [0.1, 0.15) is 0 Å². The average molecular weight is 421 g/mol. The Kier molecular flexibility index (Phi) is 5.76. The first-order chi connectivity index (χ1) is 14.9. The number of nitrogens with zero attached hydrogens (tertiary/aromatic N) is 3. The van der Waals surface area contributed by atoms with Crippen molar-refractivity contribution in [2.75, 3.05) is 5.32 Å². The van der Waals surface area contributed by atoms with Crippen LogP contribution in [-0.4, -0.2) is 32.7 Å². The number of nitrogens with one attached hydrogen (secondary N) is 1. The number of fused-ring (bicyclic) bond motifs is 1. The molecule has 3 aromatic rings. The number of esters is 1. The number of pyridine rings is 1. The number of anilines is 1. The molecule has 2 aromatic heterocycles. The molecule has 1 aromatic carbocycles. The molecule has 31 heavy (non-hydrogen) atoms. The molecular weight excluding hydrogens is 392 g/mol. The lowest BCUT2D eigenvalue weighted by Gasteiger charge is -2.15. The molecule has 1 atom stereocenters. The van der Waals surface area contributed by atoms with Gasteiger partial charge in [0.2, 0.25) is 0 Å². The third-order valence-electron chi connectivity index (χ3n) is 5.57. The van der Waals surface area contributed by atoms with E-state index < -0.39 is 12.1 Å². The van der Waals surface area contributed by atoms with Gasteiger partial charge >= 0.3 is 5.97 Å². The molecule has 1 aliphatic rings. The highest BCUT2D eigenvalue weighted by Gasteiger charge is 2.29. The van der Waals surface area contributed by atoms with E-state index in [1.165, 1.54) is 5.56 Å². The number of ether oxygens (including phenoxy) is 1. The molecule has 0 saturated heterocycles. The Balaban J connectivity index is 1.53. The fraction of sp³-hybridized carbons (Fsp3) is 0.417. The molecule has 0 radical (unpaired) electrons. The van der Waals surface area contributed by atoms with Gasteiger partial charge in [-0.05, 0) is 63.8 Å². The predicted octanol–water partition coefficient (Wildman–Crippen LogP) is 4.64. The summed E-state index contributed by atoms with van der Waals surface area (Å²) in [6, 6.07) is 9.53. The normalized spacial score (nSPS) is 14.6. The Morgan fingerprint density at radius 3 is 2.52 bits per heavy atom. The van der Waals surface area contributed by atoms with E-state index in [-0.39, 0.29) is 11.9 Å². The Morgan fingerprint density at radius 2 is 1.90 bits per heavy atom. The molecule has 2 heterocycles. The molecule has 1 unspecified atom stereocenters. The monoisotopic (exact) mass is 420 g/mol. The number of carbonyl (C=O) groups excluding carboxylic acids is 2. The van der Waals surface area contributed by atoms with Crippen molar-refractivity contribution in [1.82, 2.24) is 14.8 Å². The van der Waals surface area contributed by atoms with Gasteiger partial charge in [-0.15, -0.1) is 0 Å². The van der Waals surface area contributed by atoms with E-state index in [0.717, 1.165) is 25.0 Å². The Morgan fingerprint density at radius 1 is 1.19 bits per heavy atom. The number of amides is 1. The van der Waals surface area contributed by atoms with Gasteiger partial charge in [0.25, 0.3) is 5.91 Å². The number of aryl methyl sites for hydroxylation is 1. The first-order valence-electron chi connectivity index (χ1n) is 10.9. The number of hydrogen-bond donors (Lipinski definition) is 1. The maximum absolute atomic E-state index is 13.0. The van der Waals surface area contributed by atoms with Crippen molar-refractivity contribution in [2.24, 2.45) is 0 Å². The summed E-state index contributed by atoms with van der Waals surface area (Å²) in [4.78, 5) is 30.3. The van der Waals surface area contributed by atoms with Crippen LogP contribution in [-0.2, 0) is 16.0 Å². The molecule has 162 valence electrons. The van der Waals surface area contributed by atoms with E-state index in [1.54, 1.807) is 19.2 Å². The minimum absolute atomic E-state index is 0.118. The molecule has 0 bridgehead atoms. The minimum atomic E-state index is -0.939. The van der Waals surface area contributed by atoms with E-state index >= 15 is 0 Å². The van der Waals surface area contributed by atoms with Gasteiger partial charge < -0.3 is 10.1 Å². The zero-order valence-corrected chi connectivity index (χ0v) is 18.4. The van der Waals surface area contributed by atoms with Gasteiger partial charge in [0.05, 0.1) is 17.1 Å². The lowest BCUT2D eigenvalue weighted by molar-refractivity contribution is -0.123. The largest absolute Gasteiger partial charge is 0.449 e. The van der Waals surface area contributed by atoms with Crippen LogP contribution in [0.2, 0.25) is 0 Å². The average Bonchev–Trinajstić information content (AvgIpc) is 3.52. The Labute approximate surface area is 181 Å². The molecular formula is C24H28N4O3. The summed E-state index contributed by atoms with van der Waals surface area (Å²) in [6.45, 7) is 7.70. The molecule has 1 N–H and O–H groups in total. The van der Waals surface area contributed by atoms with Crippen LogP contribution >= 0.6 is 0 Å². The zero-order valence-electron chi connectivity index (χ0n) is 18.4. The van der Waals surface area contributed by atoms with Crippen LogP contribution in [0.15, 0.2) is 36.5 Å². The molecule has 1 fully saturated rings. The van der Waals surface area contributed by atoms with Crippen LogP contribution in [0.1, 0.15) is 74.1 Å². The molecule has 1 amide bonds. The summed E-state index contributed by atoms with van der Waals surface area (Å²) in [6.07, 6.45) is 3.77. The second-order valence-corrected chi connectivity index (χ2v) is 8.38. The molecule has 1 saturated carbocycles. The maximum Gasteiger partial charge on any atom is 0.339 e. The fourth-order valence-electron chi connectivity index (χ4n) is 3.52. The van der Waals surface area contributed by atoms with Crippen LogP contribution < -0.4 is 5.32 Å². The topological polar surface area (TPSA) is 86.1 Å². The maximum atomic E-state index is 13.0. The quantitative estimate of drug-likeness (QED) is 0.563. The van der Waals surface area contributed by atoms with E-state index in [9.17, 15) is 9.59 Å². The molecule has 7 heteroatoms. The smallest absolute Gasteiger partial charge is 0.339 e. The van der Waals surface area contributed by atoms with Crippen LogP contribution in [0.3, 0.4) is 0 Å². The number of rotatable bonds is 7. The molecule has 7 nitrogen and oxygen atoms in total. The number of carbonyl (C=O) groups is 2. The standard InChI is InChI=1S/C24H28N4O3/c1-5-16-6-10-18(11-7-16)26-23(29)15(4)31-24(30)19-12-21(17-8-9-17)27-22-20(19)13-25-28(22)14(2)3/h6-7,10-15,17H,5,8-9H2,1-4H3,(H,26,29). The SMILES string of the molecule is CCc1ccc(NC(=O)C(C)OC(=O)c2cc(C3CC3)nc3c2cnn3C(C)C)cc1. The van der Waals surface area contributed by atoms with E-state index in [1.807, 2.05) is 42.8 Å². The third-order valence-corrected chi connectivity index (χ3v) is 5.57. The Hall–Kier alpha value is -3.22. The predicted molar refractivity (Wildman–Crippen MR) is 119 cm³/mol. The van der Waals surface area contributed by atoms with E-state index in [2.05, 4.69) is 17.3 Å².